The van der Waals surface area contributed by atoms with Crippen molar-refractivity contribution in [1.82, 2.24) is 4.98 Å². The van der Waals surface area contributed by atoms with Gasteiger partial charge in [0, 0.05) is 16.6 Å². The molecule has 0 amide bonds. The lowest BCUT2D eigenvalue weighted by Crippen LogP contribution is -1.90. The normalized spacial score (nSPS) is 10.6. The molecule has 0 aliphatic rings. The van der Waals surface area contributed by atoms with E-state index in [2.05, 4.69) is 10.3 Å². The van der Waals surface area contributed by atoms with Crippen LogP contribution in [-0.4, -0.2) is 10.1 Å². The SMILES string of the molecule is Oc1ccc(F)cc1-c1csc(Nc2cccc(F)c2)n1. The van der Waals surface area contributed by atoms with E-state index in [1.165, 1.54) is 41.7 Å². The zero-order chi connectivity index (χ0) is 14.8. The number of nitrogens with one attached hydrogen (secondary N) is 1. The largest absolute Gasteiger partial charge is 0.507 e. The first-order valence-corrected chi connectivity index (χ1v) is 6.97. The van der Waals surface area contributed by atoms with Crippen molar-refractivity contribution >= 4 is 22.2 Å². The quantitative estimate of drug-likeness (QED) is 0.747. The minimum Gasteiger partial charge on any atom is -0.507 e. The Hall–Kier alpha value is -2.47. The highest BCUT2D eigenvalue weighted by molar-refractivity contribution is 7.14. The molecule has 1 heterocycles. The van der Waals surface area contributed by atoms with Crippen LogP contribution >= 0.6 is 11.3 Å². The summed E-state index contributed by atoms with van der Waals surface area (Å²) < 4.78 is 26.3. The van der Waals surface area contributed by atoms with Crippen molar-refractivity contribution in [3.05, 3.63) is 59.5 Å². The number of phenolic OH excluding ortho intramolecular Hbond substituents is 1. The summed E-state index contributed by atoms with van der Waals surface area (Å²) in [7, 11) is 0. The monoisotopic (exact) mass is 304 g/mol. The molecule has 106 valence electrons. The van der Waals surface area contributed by atoms with Crippen LogP contribution in [0.25, 0.3) is 11.3 Å². The molecule has 2 aromatic carbocycles. The van der Waals surface area contributed by atoms with E-state index in [1.54, 1.807) is 17.5 Å². The van der Waals surface area contributed by atoms with E-state index in [0.717, 1.165) is 0 Å². The van der Waals surface area contributed by atoms with Gasteiger partial charge in [-0.2, -0.15) is 0 Å². The molecule has 0 bridgehead atoms. The third kappa shape index (κ3) is 3.00. The minimum absolute atomic E-state index is 0.0426. The number of aromatic nitrogens is 1. The molecule has 3 rings (SSSR count). The topological polar surface area (TPSA) is 45.1 Å². The van der Waals surface area contributed by atoms with Gasteiger partial charge in [-0.25, -0.2) is 13.8 Å². The van der Waals surface area contributed by atoms with Crippen LogP contribution in [-0.2, 0) is 0 Å². The highest BCUT2D eigenvalue weighted by atomic mass is 32.1. The molecule has 0 aliphatic heterocycles. The molecule has 0 spiro atoms. The Balaban J connectivity index is 1.88. The lowest BCUT2D eigenvalue weighted by Gasteiger charge is -2.03. The fraction of sp³-hybridized carbons (Fsp3) is 0. The molecule has 0 unspecified atom stereocenters. The van der Waals surface area contributed by atoms with E-state index in [0.29, 0.717) is 22.1 Å². The van der Waals surface area contributed by atoms with Gasteiger partial charge in [0.2, 0.25) is 0 Å². The number of nitrogens with zero attached hydrogens (tertiary/aromatic N) is 1. The molecule has 0 fully saturated rings. The van der Waals surface area contributed by atoms with Crippen LogP contribution in [0.3, 0.4) is 0 Å². The second kappa shape index (κ2) is 5.49. The summed E-state index contributed by atoms with van der Waals surface area (Å²) in [6.45, 7) is 0. The van der Waals surface area contributed by atoms with Gasteiger partial charge in [-0.1, -0.05) is 6.07 Å². The molecular weight excluding hydrogens is 294 g/mol. The second-order valence-corrected chi connectivity index (χ2v) is 5.19. The summed E-state index contributed by atoms with van der Waals surface area (Å²) in [6, 6.07) is 9.68. The predicted octanol–water partition coefficient (Wildman–Crippen LogP) is 4.54. The number of hydrogen-bond acceptors (Lipinski definition) is 4. The Labute approximate surface area is 123 Å². The predicted molar refractivity (Wildman–Crippen MR) is 78.9 cm³/mol. The molecule has 3 nitrogen and oxygen atoms in total. The average Bonchev–Trinajstić information content (AvgIpc) is 2.90. The average molecular weight is 304 g/mol. The molecule has 0 aliphatic carbocycles. The van der Waals surface area contributed by atoms with Gasteiger partial charge in [-0.15, -0.1) is 11.3 Å². The van der Waals surface area contributed by atoms with Crippen molar-refractivity contribution < 1.29 is 13.9 Å². The molecule has 1 aromatic heterocycles. The van der Waals surface area contributed by atoms with Crippen LogP contribution in [0.4, 0.5) is 19.6 Å². The van der Waals surface area contributed by atoms with Crippen molar-refractivity contribution in [3.8, 4) is 17.0 Å². The molecule has 21 heavy (non-hydrogen) atoms. The number of halogens is 2. The van der Waals surface area contributed by atoms with Gasteiger partial charge < -0.3 is 10.4 Å². The minimum atomic E-state index is -0.449. The van der Waals surface area contributed by atoms with Crippen LogP contribution < -0.4 is 5.32 Å². The van der Waals surface area contributed by atoms with Gasteiger partial charge in [0.15, 0.2) is 5.13 Å². The maximum absolute atomic E-state index is 13.2. The molecular formula is C15H10F2N2OS. The number of thiazole rings is 1. The Morgan fingerprint density at radius 3 is 2.67 bits per heavy atom. The molecule has 3 aromatic rings. The first-order chi connectivity index (χ1) is 10.1. The lowest BCUT2D eigenvalue weighted by molar-refractivity contribution is 0.475. The summed E-state index contributed by atoms with van der Waals surface area (Å²) in [5, 5.41) is 14.9. The zero-order valence-corrected chi connectivity index (χ0v) is 11.5. The highest BCUT2D eigenvalue weighted by Gasteiger charge is 2.10. The van der Waals surface area contributed by atoms with E-state index >= 15 is 0 Å². The van der Waals surface area contributed by atoms with Crippen molar-refractivity contribution in [2.24, 2.45) is 0 Å². The molecule has 2 N–H and O–H groups in total. The van der Waals surface area contributed by atoms with Gasteiger partial charge in [0.25, 0.3) is 0 Å². The number of aromatic hydroxyl groups is 1. The van der Waals surface area contributed by atoms with Crippen molar-refractivity contribution in [1.29, 1.82) is 0 Å². The molecule has 6 heteroatoms. The van der Waals surface area contributed by atoms with E-state index < -0.39 is 5.82 Å². The van der Waals surface area contributed by atoms with E-state index in [9.17, 15) is 13.9 Å². The van der Waals surface area contributed by atoms with Crippen LogP contribution in [0, 0.1) is 11.6 Å². The number of rotatable bonds is 3. The van der Waals surface area contributed by atoms with Gasteiger partial charge in [-0.05, 0) is 36.4 Å². The van der Waals surface area contributed by atoms with Crippen LogP contribution in [0.5, 0.6) is 5.75 Å². The Kier molecular flexibility index (Phi) is 3.53. The number of benzene rings is 2. The smallest absolute Gasteiger partial charge is 0.187 e. The third-order valence-corrected chi connectivity index (χ3v) is 3.57. The lowest BCUT2D eigenvalue weighted by atomic mass is 10.1. The van der Waals surface area contributed by atoms with Crippen molar-refractivity contribution in [3.63, 3.8) is 0 Å². The zero-order valence-electron chi connectivity index (χ0n) is 10.7. The number of anilines is 2. The Morgan fingerprint density at radius 1 is 1.05 bits per heavy atom. The first-order valence-electron chi connectivity index (χ1n) is 6.09. The Morgan fingerprint density at radius 2 is 1.86 bits per heavy atom. The summed E-state index contributed by atoms with van der Waals surface area (Å²) in [5.41, 5.74) is 1.34. The fourth-order valence-corrected chi connectivity index (χ4v) is 2.59. The van der Waals surface area contributed by atoms with E-state index in [1.807, 2.05) is 0 Å². The first kappa shape index (κ1) is 13.5. The van der Waals surface area contributed by atoms with Crippen LogP contribution in [0.1, 0.15) is 0 Å². The fourth-order valence-electron chi connectivity index (χ4n) is 1.86. The van der Waals surface area contributed by atoms with Crippen LogP contribution in [0.2, 0.25) is 0 Å². The maximum Gasteiger partial charge on any atom is 0.187 e. The van der Waals surface area contributed by atoms with Crippen molar-refractivity contribution in [2.45, 2.75) is 0 Å². The molecule has 0 saturated heterocycles. The molecule has 0 saturated carbocycles. The number of phenols is 1. The maximum atomic E-state index is 13.2. The third-order valence-electron chi connectivity index (χ3n) is 2.81. The standard InChI is InChI=1S/C15H10F2N2OS/c16-9-2-1-3-11(6-9)18-15-19-13(8-21-15)12-7-10(17)4-5-14(12)20/h1-8,20H,(H,18,19). The van der Waals surface area contributed by atoms with Crippen molar-refractivity contribution in [2.75, 3.05) is 5.32 Å². The van der Waals surface area contributed by atoms with Gasteiger partial charge in [0.1, 0.15) is 17.4 Å². The van der Waals surface area contributed by atoms with Crippen LogP contribution in [0.15, 0.2) is 47.8 Å². The highest BCUT2D eigenvalue weighted by Crippen LogP contribution is 2.32. The van der Waals surface area contributed by atoms with Gasteiger partial charge in [-0.3, -0.25) is 0 Å². The van der Waals surface area contributed by atoms with E-state index in [4.69, 9.17) is 0 Å². The number of hydrogen-bond donors (Lipinski definition) is 2. The van der Waals surface area contributed by atoms with Gasteiger partial charge in [0.05, 0.1) is 5.69 Å². The summed E-state index contributed by atoms with van der Waals surface area (Å²) >= 11 is 1.28. The van der Waals surface area contributed by atoms with Gasteiger partial charge >= 0.3 is 0 Å². The Bertz CT molecular complexity index is 789. The van der Waals surface area contributed by atoms with E-state index in [-0.39, 0.29) is 11.6 Å². The second-order valence-electron chi connectivity index (χ2n) is 4.33. The summed E-state index contributed by atoms with van der Waals surface area (Å²) in [4.78, 5) is 4.27. The molecule has 0 atom stereocenters. The molecule has 0 radical (unpaired) electrons. The summed E-state index contributed by atoms with van der Waals surface area (Å²) in [5.74, 6) is -0.839. The summed E-state index contributed by atoms with van der Waals surface area (Å²) in [6.07, 6.45) is 0.